The van der Waals surface area contributed by atoms with E-state index in [1.807, 2.05) is 55.5 Å². The highest BCUT2D eigenvalue weighted by atomic mass is 32.2. The fourth-order valence-corrected chi connectivity index (χ4v) is 8.05. The Hall–Kier alpha value is -5.63. The van der Waals surface area contributed by atoms with Crippen LogP contribution in [-0.2, 0) is 6.42 Å². The third-order valence-electron chi connectivity index (χ3n) is 9.44. The molecular formula is C43H37N3O3S. The average Bonchev–Trinajstić information content (AvgIpc) is 3.13. The first-order valence-electron chi connectivity index (χ1n) is 16.8. The maximum atomic E-state index is 11.7. The molecule has 2 aliphatic rings. The number of anilines is 4. The maximum Gasteiger partial charge on any atom is 0.155 e. The highest BCUT2D eigenvalue weighted by Gasteiger charge is 2.33. The summed E-state index contributed by atoms with van der Waals surface area (Å²) in [5.41, 5.74) is 8.31. The fourth-order valence-electron chi connectivity index (χ4n) is 6.96. The lowest BCUT2D eigenvalue weighted by Crippen LogP contribution is -2.39. The number of aryl methyl sites for hydroxylation is 1. The molecule has 248 valence electrons. The van der Waals surface area contributed by atoms with Crippen molar-refractivity contribution in [3.63, 3.8) is 0 Å². The molecule has 0 amide bonds. The SMILES string of the molecule is CC1=CC(O)(CCc2cc3c(cc2O)Sc2ccccc2N3C(Nc2ccccc2)c2ccc(-c3ccccc3)cc2)Nc2cc(O)ccc21. The van der Waals surface area contributed by atoms with Gasteiger partial charge in [0.05, 0.1) is 11.4 Å². The lowest BCUT2D eigenvalue weighted by molar-refractivity contribution is 0.111. The van der Waals surface area contributed by atoms with Gasteiger partial charge < -0.3 is 30.9 Å². The van der Waals surface area contributed by atoms with Gasteiger partial charge in [-0.15, -0.1) is 0 Å². The van der Waals surface area contributed by atoms with Crippen LogP contribution in [-0.4, -0.2) is 21.0 Å². The minimum absolute atomic E-state index is 0.131. The zero-order valence-electron chi connectivity index (χ0n) is 27.5. The Morgan fingerprint density at radius 1 is 0.740 bits per heavy atom. The molecule has 0 spiro atoms. The average molecular weight is 676 g/mol. The second-order valence-electron chi connectivity index (χ2n) is 12.9. The molecule has 6 nitrogen and oxygen atoms in total. The third-order valence-corrected chi connectivity index (χ3v) is 10.6. The monoisotopic (exact) mass is 675 g/mol. The Morgan fingerprint density at radius 2 is 1.44 bits per heavy atom. The number of aliphatic hydroxyl groups is 1. The summed E-state index contributed by atoms with van der Waals surface area (Å²) in [6.07, 6.45) is 2.24. The molecule has 7 heteroatoms. The number of aromatic hydroxyl groups is 2. The van der Waals surface area contributed by atoms with Gasteiger partial charge in [-0.3, -0.25) is 0 Å². The predicted octanol–water partition coefficient (Wildman–Crippen LogP) is 10.3. The van der Waals surface area contributed by atoms with Crippen LogP contribution in [0.15, 0.2) is 155 Å². The molecule has 8 rings (SSSR count). The largest absolute Gasteiger partial charge is 0.508 e. The molecule has 0 saturated heterocycles. The number of phenols is 2. The Labute approximate surface area is 296 Å². The number of nitrogens with one attached hydrogen (secondary N) is 2. The zero-order chi connectivity index (χ0) is 34.2. The van der Waals surface area contributed by atoms with Crippen molar-refractivity contribution in [2.24, 2.45) is 0 Å². The first kappa shape index (κ1) is 31.6. The van der Waals surface area contributed by atoms with Gasteiger partial charge in [0.2, 0.25) is 0 Å². The van der Waals surface area contributed by atoms with E-state index in [1.54, 1.807) is 23.9 Å². The summed E-state index contributed by atoms with van der Waals surface area (Å²) in [5.74, 6) is 0.320. The maximum absolute atomic E-state index is 11.7. The number of para-hydroxylation sites is 2. The molecule has 6 aromatic rings. The topological polar surface area (TPSA) is 88.0 Å². The molecule has 5 N–H and O–H groups in total. The van der Waals surface area contributed by atoms with Crippen LogP contribution in [0.5, 0.6) is 11.5 Å². The summed E-state index contributed by atoms with van der Waals surface area (Å²) in [6.45, 7) is 1.96. The van der Waals surface area contributed by atoms with E-state index in [4.69, 9.17) is 0 Å². The second-order valence-corrected chi connectivity index (χ2v) is 14.0. The zero-order valence-corrected chi connectivity index (χ0v) is 28.4. The van der Waals surface area contributed by atoms with E-state index in [0.717, 1.165) is 60.2 Å². The van der Waals surface area contributed by atoms with Gasteiger partial charge in [0, 0.05) is 39.2 Å². The van der Waals surface area contributed by atoms with Crippen molar-refractivity contribution < 1.29 is 15.3 Å². The van der Waals surface area contributed by atoms with E-state index in [9.17, 15) is 15.3 Å². The second kappa shape index (κ2) is 13.0. The number of benzene rings is 6. The molecule has 2 unspecified atom stereocenters. The number of phenolic OH excluding ortho intramolecular Hbond substituents is 2. The number of nitrogens with zero attached hydrogens (tertiary/aromatic N) is 1. The highest BCUT2D eigenvalue weighted by molar-refractivity contribution is 7.99. The molecule has 0 saturated carbocycles. The Bertz CT molecular complexity index is 2210. The lowest BCUT2D eigenvalue weighted by atomic mass is 9.92. The normalized spacial score (nSPS) is 16.7. The van der Waals surface area contributed by atoms with Crippen molar-refractivity contribution >= 4 is 40.1 Å². The summed E-state index contributed by atoms with van der Waals surface area (Å²) < 4.78 is 0. The minimum atomic E-state index is -1.36. The first-order valence-corrected chi connectivity index (χ1v) is 17.6. The van der Waals surface area contributed by atoms with Crippen LogP contribution in [0.1, 0.15) is 36.2 Å². The Morgan fingerprint density at radius 3 is 2.22 bits per heavy atom. The molecule has 2 aliphatic heterocycles. The lowest BCUT2D eigenvalue weighted by Gasteiger charge is -2.40. The fraction of sp³-hybridized carbons (Fsp3) is 0.116. The summed E-state index contributed by atoms with van der Waals surface area (Å²) in [7, 11) is 0. The van der Waals surface area contributed by atoms with Crippen LogP contribution in [0.2, 0.25) is 0 Å². The minimum Gasteiger partial charge on any atom is -0.508 e. The van der Waals surface area contributed by atoms with E-state index < -0.39 is 5.72 Å². The molecule has 2 heterocycles. The van der Waals surface area contributed by atoms with Crippen LogP contribution in [0, 0.1) is 0 Å². The van der Waals surface area contributed by atoms with Gasteiger partial charge in [0.25, 0.3) is 0 Å². The molecular weight excluding hydrogens is 639 g/mol. The number of hydrogen-bond donors (Lipinski definition) is 5. The summed E-state index contributed by atoms with van der Waals surface area (Å²) in [6, 6.07) is 46.7. The number of hydrogen-bond acceptors (Lipinski definition) is 7. The van der Waals surface area contributed by atoms with Crippen molar-refractivity contribution in [3.8, 4) is 22.6 Å². The van der Waals surface area contributed by atoms with Crippen molar-refractivity contribution in [2.45, 2.75) is 41.4 Å². The Balaban J connectivity index is 1.18. The van der Waals surface area contributed by atoms with E-state index in [0.29, 0.717) is 18.5 Å². The predicted molar refractivity (Wildman–Crippen MR) is 204 cm³/mol. The van der Waals surface area contributed by atoms with Crippen LogP contribution in [0.4, 0.5) is 22.7 Å². The van der Waals surface area contributed by atoms with E-state index in [2.05, 4.69) is 100 Å². The van der Waals surface area contributed by atoms with E-state index in [-0.39, 0.29) is 17.7 Å². The third kappa shape index (κ3) is 6.17. The van der Waals surface area contributed by atoms with E-state index >= 15 is 0 Å². The van der Waals surface area contributed by atoms with Crippen molar-refractivity contribution in [1.82, 2.24) is 0 Å². The van der Waals surface area contributed by atoms with Crippen LogP contribution < -0.4 is 15.5 Å². The van der Waals surface area contributed by atoms with Gasteiger partial charge in [0.1, 0.15) is 17.7 Å². The smallest absolute Gasteiger partial charge is 0.155 e. The molecule has 0 radical (unpaired) electrons. The van der Waals surface area contributed by atoms with Crippen molar-refractivity contribution in [2.75, 3.05) is 15.5 Å². The molecule has 50 heavy (non-hydrogen) atoms. The van der Waals surface area contributed by atoms with Gasteiger partial charge in [-0.2, -0.15) is 0 Å². The number of rotatable bonds is 8. The summed E-state index contributed by atoms with van der Waals surface area (Å²) in [5, 5.41) is 40.2. The van der Waals surface area contributed by atoms with Gasteiger partial charge in [-0.1, -0.05) is 96.7 Å². The summed E-state index contributed by atoms with van der Waals surface area (Å²) >= 11 is 1.64. The molecule has 6 aromatic carbocycles. The van der Waals surface area contributed by atoms with Crippen LogP contribution in [0.3, 0.4) is 0 Å². The van der Waals surface area contributed by atoms with Gasteiger partial charge in [-0.05, 0) is 95.8 Å². The molecule has 2 atom stereocenters. The van der Waals surface area contributed by atoms with Crippen molar-refractivity contribution in [3.05, 3.63) is 162 Å². The Kier molecular flexibility index (Phi) is 8.23. The van der Waals surface area contributed by atoms with Gasteiger partial charge in [0.15, 0.2) is 5.72 Å². The first-order chi connectivity index (χ1) is 24.3. The summed E-state index contributed by atoms with van der Waals surface area (Å²) in [4.78, 5) is 4.36. The molecule has 0 fully saturated rings. The van der Waals surface area contributed by atoms with Gasteiger partial charge in [-0.25, -0.2) is 0 Å². The van der Waals surface area contributed by atoms with Crippen LogP contribution in [0.25, 0.3) is 16.7 Å². The highest BCUT2D eigenvalue weighted by Crippen LogP contribution is 2.53. The standard InChI is InChI=1S/C43H37N3O3S/c1-28-27-43(49,45-36-25-34(47)20-21-35(28)36)23-22-32-24-38-41(26-39(32)48)50-40-15-9-8-14-37(40)46(38)42(44-33-12-6-3-7-13-33)31-18-16-30(17-19-31)29-10-4-2-5-11-29/h2-21,24-27,42,44-45,47-49H,22-23H2,1H3. The molecule has 0 aromatic heterocycles. The van der Waals surface area contributed by atoms with Gasteiger partial charge >= 0.3 is 0 Å². The van der Waals surface area contributed by atoms with E-state index in [1.165, 1.54) is 0 Å². The van der Waals surface area contributed by atoms with Crippen molar-refractivity contribution in [1.29, 1.82) is 0 Å². The quantitative estimate of drug-likeness (QED) is 0.110. The molecule has 0 aliphatic carbocycles. The van der Waals surface area contributed by atoms with Crippen LogP contribution >= 0.6 is 11.8 Å². The number of allylic oxidation sites excluding steroid dienone is 1. The number of fused-ring (bicyclic) bond motifs is 3. The molecule has 0 bridgehead atoms.